The first kappa shape index (κ1) is 23.1. The number of hydrogen-bond acceptors (Lipinski definition) is 11. The number of nitrogens with zero attached hydrogens (tertiary/aromatic N) is 8. The Hall–Kier alpha value is -5.06. The molecule has 7 heterocycles. The third kappa shape index (κ3) is 4.70. The first-order chi connectivity index (χ1) is 19.3. The molecule has 0 fully saturated rings. The number of pyridine rings is 3. The summed E-state index contributed by atoms with van der Waals surface area (Å²) in [5.74, 6) is 2.24. The van der Waals surface area contributed by atoms with Gasteiger partial charge in [0.25, 0.3) is 0 Å². The minimum atomic E-state index is 0.496. The van der Waals surface area contributed by atoms with Crippen molar-refractivity contribution in [1.29, 1.82) is 0 Å². The molecule has 0 radical (unpaired) electrons. The van der Waals surface area contributed by atoms with Gasteiger partial charge in [0.15, 0.2) is 5.82 Å². The van der Waals surface area contributed by atoms with E-state index in [9.17, 15) is 0 Å². The molecule has 0 amide bonds. The van der Waals surface area contributed by atoms with E-state index in [0.29, 0.717) is 74.4 Å². The molecule has 0 aliphatic carbocycles. The smallest absolute Gasteiger partial charge is 0.217 e. The first-order valence-electron chi connectivity index (χ1n) is 12.6. The number of aliphatic imine (C=N–C) groups is 3. The highest BCUT2D eigenvalue weighted by Crippen LogP contribution is 2.29. The van der Waals surface area contributed by atoms with Crippen LogP contribution in [-0.4, -0.2) is 82.1 Å². The van der Waals surface area contributed by atoms with Gasteiger partial charge in [-0.3, -0.25) is 15.0 Å². The van der Waals surface area contributed by atoms with Crippen molar-refractivity contribution in [3.63, 3.8) is 0 Å². The predicted molar refractivity (Wildman–Crippen MR) is 144 cm³/mol. The van der Waals surface area contributed by atoms with Crippen LogP contribution in [-0.2, 0) is 14.2 Å². The molecular weight excluding hydrogens is 496 g/mol. The summed E-state index contributed by atoms with van der Waals surface area (Å²) in [6.07, 6.45) is 10.5. The van der Waals surface area contributed by atoms with Gasteiger partial charge in [0.2, 0.25) is 17.7 Å². The van der Waals surface area contributed by atoms with Gasteiger partial charge in [0, 0.05) is 53.9 Å². The summed E-state index contributed by atoms with van der Waals surface area (Å²) in [5, 5.41) is 0. The number of ether oxygens (including phenoxy) is 3. The maximum absolute atomic E-state index is 5.65. The molecule has 0 atom stereocenters. The Bertz CT molecular complexity index is 1460. The second kappa shape index (κ2) is 10.0. The standard InChI is InChI=1S/C28H22N8O3/c1-4-37-26(32-1)20-7-17(11-29-14-20)23-10-24(18-8-21(15-30-12-18)27-33-2-5-38-27)36-25(35-23)19-9-22(16-31-13-19)28-34-3-6-39-28/h7-16H,1-6H2. The number of rotatable bonds is 6. The number of aromatic nitrogens is 5. The first-order valence-corrected chi connectivity index (χ1v) is 12.6. The van der Waals surface area contributed by atoms with E-state index in [-0.39, 0.29) is 0 Å². The van der Waals surface area contributed by atoms with Crippen molar-refractivity contribution >= 4 is 17.7 Å². The molecule has 7 rings (SSSR count). The van der Waals surface area contributed by atoms with Crippen molar-refractivity contribution < 1.29 is 14.2 Å². The lowest BCUT2D eigenvalue weighted by atomic mass is 10.1. The van der Waals surface area contributed by atoms with Crippen molar-refractivity contribution in [3.8, 4) is 33.9 Å². The molecule has 0 N–H and O–H groups in total. The summed E-state index contributed by atoms with van der Waals surface area (Å²) < 4.78 is 17.0. The van der Waals surface area contributed by atoms with E-state index < -0.39 is 0 Å². The summed E-state index contributed by atoms with van der Waals surface area (Å²) in [4.78, 5) is 36.4. The maximum Gasteiger partial charge on any atom is 0.217 e. The minimum Gasteiger partial charge on any atom is -0.475 e. The Kier molecular flexibility index (Phi) is 5.93. The van der Waals surface area contributed by atoms with Crippen molar-refractivity contribution in [2.75, 3.05) is 39.5 Å². The second-order valence-electron chi connectivity index (χ2n) is 8.95. The third-order valence-corrected chi connectivity index (χ3v) is 6.29. The molecule has 0 aromatic carbocycles. The largest absolute Gasteiger partial charge is 0.475 e. The Balaban J connectivity index is 1.35. The van der Waals surface area contributed by atoms with Crippen molar-refractivity contribution in [2.45, 2.75) is 0 Å². The van der Waals surface area contributed by atoms with Gasteiger partial charge >= 0.3 is 0 Å². The van der Waals surface area contributed by atoms with Gasteiger partial charge in [0.05, 0.1) is 47.7 Å². The average Bonchev–Trinajstić information content (AvgIpc) is 3.81. The molecule has 192 valence electrons. The fourth-order valence-corrected chi connectivity index (χ4v) is 4.47. The maximum atomic E-state index is 5.65. The van der Waals surface area contributed by atoms with Gasteiger partial charge in [-0.2, -0.15) is 0 Å². The molecule has 11 heteroatoms. The Morgan fingerprint density at radius 1 is 0.436 bits per heavy atom. The fraction of sp³-hybridized carbons (Fsp3) is 0.214. The zero-order valence-electron chi connectivity index (χ0n) is 20.8. The van der Waals surface area contributed by atoms with Gasteiger partial charge < -0.3 is 14.2 Å². The third-order valence-electron chi connectivity index (χ3n) is 6.29. The minimum absolute atomic E-state index is 0.496. The highest BCUT2D eigenvalue weighted by atomic mass is 16.5. The van der Waals surface area contributed by atoms with Crippen LogP contribution in [0.3, 0.4) is 0 Å². The van der Waals surface area contributed by atoms with Crippen molar-refractivity contribution in [1.82, 2.24) is 24.9 Å². The second-order valence-corrected chi connectivity index (χ2v) is 8.95. The van der Waals surface area contributed by atoms with Gasteiger partial charge in [-0.1, -0.05) is 0 Å². The van der Waals surface area contributed by atoms with E-state index in [1.165, 1.54) is 0 Å². The summed E-state index contributed by atoms with van der Waals surface area (Å²) in [6, 6.07) is 7.80. The van der Waals surface area contributed by atoms with Crippen LogP contribution in [0.25, 0.3) is 33.9 Å². The molecule has 0 saturated heterocycles. The lowest BCUT2D eigenvalue weighted by molar-refractivity contribution is 0.348. The Morgan fingerprint density at radius 2 is 0.821 bits per heavy atom. The van der Waals surface area contributed by atoms with Crippen molar-refractivity contribution in [2.24, 2.45) is 15.0 Å². The molecule has 39 heavy (non-hydrogen) atoms. The molecule has 3 aliphatic heterocycles. The van der Waals surface area contributed by atoms with Crippen LogP contribution >= 0.6 is 0 Å². The molecule has 0 saturated carbocycles. The van der Waals surface area contributed by atoms with E-state index in [1.807, 2.05) is 24.3 Å². The molecule has 0 bridgehead atoms. The van der Waals surface area contributed by atoms with Crippen LogP contribution in [0.15, 0.2) is 76.4 Å². The van der Waals surface area contributed by atoms with E-state index in [1.54, 1.807) is 37.2 Å². The Labute approximate surface area is 223 Å². The fourth-order valence-electron chi connectivity index (χ4n) is 4.47. The molecule has 3 aliphatic rings. The van der Waals surface area contributed by atoms with E-state index in [2.05, 4.69) is 29.9 Å². The van der Waals surface area contributed by atoms with Gasteiger partial charge in [-0.05, 0) is 24.3 Å². The van der Waals surface area contributed by atoms with Crippen LogP contribution in [0, 0.1) is 0 Å². The van der Waals surface area contributed by atoms with Crippen LogP contribution in [0.5, 0.6) is 0 Å². The molecular formula is C28H22N8O3. The summed E-state index contributed by atoms with van der Waals surface area (Å²) in [5.41, 5.74) is 6.07. The Morgan fingerprint density at radius 3 is 1.23 bits per heavy atom. The predicted octanol–water partition coefficient (Wildman–Crippen LogP) is 2.99. The zero-order chi connectivity index (χ0) is 26.0. The van der Waals surface area contributed by atoms with E-state index >= 15 is 0 Å². The van der Waals surface area contributed by atoms with Crippen LogP contribution in [0.1, 0.15) is 16.7 Å². The van der Waals surface area contributed by atoms with Gasteiger partial charge in [0.1, 0.15) is 19.8 Å². The number of hydrogen-bond donors (Lipinski definition) is 0. The summed E-state index contributed by atoms with van der Waals surface area (Å²) >= 11 is 0. The monoisotopic (exact) mass is 518 g/mol. The molecule has 4 aromatic rings. The van der Waals surface area contributed by atoms with Crippen LogP contribution in [0.2, 0.25) is 0 Å². The normalized spacial score (nSPS) is 16.2. The lowest BCUT2D eigenvalue weighted by Gasteiger charge is -2.11. The molecule has 0 spiro atoms. The van der Waals surface area contributed by atoms with Gasteiger partial charge in [-0.25, -0.2) is 24.9 Å². The average molecular weight is 519 g/mol. The van der Waals surface area contributed by atoms with E-state index in [4.69, 9.17) is 24.2 Å². The molecule has 11 nitrogen and oxygen atoms in total. The van der Waals surface area contributed by atoms with Crippen LogP contribution in [0.4, 0.5) is 0 Å². The SMILES string of the molecule is c1ncc(-c2cc(-c3cncc(C4=NCCO4)c3)nc(-c3cncc(C4=NCCO4)c3)n2)cc1C1=NCCO1. The molecule has 0 unspecified atom stereocenters. The summed E-state index contributed by atoms with van der Waals surface area (Å²) in [7, 11) is 0. The van der Waals surface area contributed by atoms with Crippen LogP contribution < -0.4 is 0 Å². The zero-order valence-corrected chi connectivity index (χ0v) is 20.8. The summed E-state index contributed by atoms with van der Waals surface area (Å²) in [6.45, 7) is 3.60. The highest BCUT2D eigenvalue weighted by Gasteiger charge is 2.18. The van der Waals surface area contributed by atoms with Crippen molar-refractivity contribution in [3.05, 3.63) is 78.1 Å². The highest BCUT2D eigenvalue weighted by molar-refractivity contribution is 5.97. The topological polar surface area (TPSA) is 129 Å². The quantitative estimate of drug-likeness (QED) is 0.381. The lowest BCUT2D eigenvalue weighted by Crippen LogP contribution is -2.04. The van der Waals surface area contributed by atoms with E-state index in [0.717, 1.165) is 33.4 Å². The van der Waals surface area contributed by atoms with Gasteiger partial charge in [-0.15, -0.1) is 0 Å². The molecule has 4 aromatic heterocycles.